The van der Waals surface area contributed by atoms with Gasteiger partial charge >= 0.3 is 5.69 Å². The van der Waals surface area contributed by atoms with Gasteiger partial charge in [-0.15, -0.1) is 5.10 Å². The summed E-state index contributed by atoms with van der Waals surface area (Å²) in [5.41, 5.74) is 0.638. The van der Waals surface area contributed by atoms with Crippen molar-refractivity contribution < 1.29 is 4.39 Å². The highest BCUT2D eigenvalue weighted by Crippen LogP contribution is 2.29. The van der Waals surface area contributed by atoms with Crippen molar-refractivity contribution in [2.75, 3.05) is 6.54 Å². The molecule has 2 rings (SSSR count). The molecule has 0 aliphatic heterocycles. The smallest absolute Gasteiger partial charge is 0.313 e. The highest BCUT2D eigenvalue weighted by Gasteiger charge is 2.12. The summed E-state index contributed by atoms with van der Waals surface area (Å²) in [4.78, 5) is 12.5. The van der Waals surface area contributed by atoms with Gasteiger partial charge in [0.25, 0.3) is 0 Å². The molecule has 5 nitrogen and oxygen atoms in total. The van der Waals surface area contributed by atoms with Crippen LogP contribution in [0.15, 0.2) is 33.0 Å². The van der Waals surface area contributed by atoms with Crippen LogP contribution in [0.25, 0.3) is 0 Å². The second-order valence-electron chi connectivity index (χ2n) is 4.59. The van der Waals surface area contributed by atoms with E-state index in [1.165, 1.54) is 23.9 Å². The van der Waals surface area contributed by atoms with Gasteiger partial charge in [0.1, 0.15) is 5.82 Å². The molecule has 2 aromatic rings. The van der Waals surface area contributed by atoms with Crippen LogP contribution in [0.3, 0.4) is 0 Å². The molecule has 7 heteroatoms. The quantitative estimate of drug-likeness (QED) is 0.771. The van der Waals surface area contributed by atoms with E-state index in [2.05, 4.69) is 22.4 Å². The summed E-state index contributed by atoms with van der Waals surface area (Å²) in [5.74, 6) is -0.262. The third-order valence-corrected chi connectivity index (χ3v) is 4.12. The number of halogens is 1. The van der Waals surface area contributed by atoms with E-state index >= 15 is 0 Å². The number of benzene rings is 1. The summed E-state index contributed by atoms with van der Waals surface area (Å²) in [6.07, 6.45) is 1.02. The zero-order valence-corrected chi connectivity index (χ0v) is 13.0. The van der Waals surface area contributed by atoms with Gasteiger partial charge in [0, 0.05) is 18.0 Å². The van der Waals surface area contributed by atoms with Crippen molar-refractivity contribution in [3.05, 3.63) is 40.1 Å². The van der Waals surface area contributed by atoms with Gasteiger partial charge < -0.3 is 5.32 Å². The Balaban J connectivity index is 2.24. The fourth-order valence-corrected chi connectivity index (χ4v) is 2.95. The number of hydrogen-bond donors (Lipinski definition) is 2. The number of aromatic amines is 1. The number of rotatable bonds is 7. The molecule has 1 aromatic carbocycles. The molecule has 0 amide bonds. The van der Waals surface area contributed by atoms with Crippen LogP contribution in [0, 0.1) is 5.82 Å². The van der Waals surface area contributed by atoms with Crippen molar-refractivity contribution in [3.8, 4) is 0 Å². The van der Waals surface area contributed by atoms with Crippen molar-refractivity contribution in [2.24, 2.45) is 0 Å². The SMILES string of the molecule is CCCNCc1cc(F)ccc1Sc1n[nH]c(=O)n1CC. The van der Waals surface area contributed by atoms with Gasteiger partial charge in [-0.2, -0.15) is 0 Å². The molecule has 2 N–H and O–H groups in total. The first kappa shape index (κ1) is 15.8. The second kappa shape index (κ2) is 7.42. The first-order chi connectivity index (χ1) is 10.2. The molecule has 0 aliphatic rings. The van der Waals surface area contributed by atoms with Gasteiger partial charge in [-0.3, -0.25) is 4.57 Å². The molecule has 0 spiro atoms. The normalized spacial score (nSPS) is 11.0. The summed E-state index contributed by atoms with van der Waals surface area (Å²) in [6.45, 7) is 5.98. The Labute approximate surface area is 127 Å². The molecule has 0 saturated carbocycles. The summed E-state index contributed by atoms with van der Waals surface area (Å²) >= 11 is 1.37. The Morgan fingerprint density at radius 2 is 2.24 bits per heavy atom. The zero-order valence-electron chi connectivity index (χ0n) is 12.1. The predicted octanol–water partition coefficient (Wildman–Crippen LogP) is 2.38. The van der Waals surface area contributed by atoms with Crippen LogP contribution in [-0.4, -0.2) is 21.3 Å². The van der Waals surface area contributed by atoms with E-state index in [4.69, 9.17) is 0 Å². The lowest BCUT2D eigenvalue weighted by Crippen LogP contribution is -2.16. The fourth-order valence-electron chi connectivity index (χ4n) is 1.94. The maximum Gasteiger partial charge on any atom is 0.343 e. The number of hydrogen-bond acceptors (Lipinski definition) is 4. The van der Waals surface area contributed by atoms with Gasteiger partial charge in [0.05, 0.1) is 0 Å². The molecule has 0 atom stereocenters. The van der Waals surface area contributed by atoms with Gasteiger partial charge in [0.2, 0.25) is 0 Å². The largest absolute Gasteiger partial charge is 0.343 e. The van der Waals surface area contributed by atoms with Crippen molar-refractivity contribution in [2.45, 2.75) is 43.4 Å². The minimum absolute atomic E-state index is 0.229. The Kier molecular flexibility index (Phi) is 5.58. The van der Waals surface area contributed by atoms with E-state index in [0.717, 1.165) is 23.4 Å². The molecule has 1 aromatic heterocycles. The molecule has 0 saturated heterocycles. The minimum Gasteiger partial charge on any atom is -0.313 e. The first-order valence-electron chi connectivity index (χ1n) is 6.97. The summed E-state index contributed by atoms with van der Waals surface area (Å²) in [5, 5.41) is 10.3. The molecule has 0 bridgehead atoms. The van der Waals surface area contributed by atoms with Crippen molar-refractivity contribution in [3.63, 3.8) is 0 Å². The second-order valence-corrected chi connectivity index (χ2v) is 5.60. The number of nitrogens with zero attached hydrogens (tertiary/aromatic N) is 2. The van der Waals surface area contributed by atoms with Crippen molar-refractivity contribution >= 4 is 11.8 Å². The lowest BCUT2D eigenvalue weighted by Gasteiger charge is -2.10. The number of aromatic nitrogens is 3. The number of H-pyrrole nitrogens is 1. The molecule has 0 aliphatic carbocycles. The lowest BCUT2D eigenvalue weighted by atomic mass is 10.2. The molecular formula is C14H19FN4OS. The van der Waals surface area contributed by atoms with Gasteiger partial charge in [-0.05, 0) is 55.4 Å². The third kappa shape index (κ3) is 3.95. The van der Waals surface area contributed by atoms with Crippen LogP contribution < -0.4 is 11.0 Å². The van der Waals surface area contributed by atoms with Crippen LogP contribution in [0.1, 0.15) is 25.8 Å². The van der Waals surface area contributed by atoms with Crippen LogP contribution in [0.4, 0.5) is 4.39 Å². The average Bonchev–Trinajstić information content (AvgIpc) is 2.82. The Morgan fingerprint density at radius 3 is 2.95 bits per heavy atom. The Morgan fingerprint density at radius 1 is 1.43 bits per heavy atom. The fraction of sp³-hybridized carbons (Fsp3) is 0.429. The van der Waals surface area contributed by atoms with Gasteiger partial charge in [-0.25, -0.2) is 14.3 Å². The highest BCUT2D eigenvalue weighted by atomic mass is 32.2. The maximum atomic E-state index is 13.4. The molecule has 21 heavy (non-hydrogen) atoms. The molecular weight excluding hydrogens is 291 g/mol. The van der Waals surface area contributed by atoms with Gasteiger partial charge in [0.15, 0.2) is 5.16 Å². The molecule has 0 radical (unpaired) electrons. The summed E-state index contributed by atoms with van der Waals surface area (Å²) in [6, 6.07) is 4.67. The van der Waals surface area contributed by atoms with E-state index in [-0.39, 0.29) is 11.5 Å². The standard InChI is InChI=1S/C14H19FN4OS/c1-3-7-16-9-10-8-11(15)5-6-12(10)21-14-18-17-13(20)19(14)4-2/h5-6,8,16H,3-4,7,9H2,1-2H3,(H,17,20). The van der Waals surface area contributed by atoms with Crippen molar-refractivity contribution in [1.29, 1.82) is 0 Å². The minimum atomic E-state index is -0.262. The van der Waals surface area contributed by atoms with Crippen LogP contribution in [-0.2, 0) is 13.1 Å². The summed E-state index contributed by atoms with van der Waals surface area (Å²) < 4.78 is 15.0. The van der Waals surface area contributed by atoms with E-state index in [1.54, 1.807) is 10.6 Å². The molecule has 0 fully saturated rings. The van der Waals surface area contributed by atoms with Gasteiger partial charge in [-0.1, -0.05) is 6.92 Å². The highest BCUT2D eigenvalue weighted by molar-refractivity contribution is 7.99. The van der Waals surface area contributed by atoms with Crippen LogP contribution in [0.5, 0.6) is 0 Å². The van der Waals surface area contributed by atoms with Crippen LogP contribution in [0.2, 0.25) is 0 Å². The van der Waals surface area contributed by atoms with Crippen molar-refractivity contribution in [1.82, 2.24) is 20.1 Å². The van der Waals surface area contributed by atoms with E-state index in [1.807, 2.05) is 6.92 Å². The van der Waals surface area contributed by atoms with E-state index in [0.29, 0.717) is 18.2 Å². The maximum absolute atomic E-state index is 13.4. The monoisotopic (exact) mass is 310 g/mol. The number of nitrogens with one attached hydrogen (secondary N) is 2. The zero-order chi connectivity index (χ0) is 15.2. The first-order valence-corrected chi connectivity index (χ1v) is 7.79. The average molecular weight is 310 g/mol. The topological polar surface area (TPSA) is 62.7 Å². The lowest BCUT2D eigenvalue weighted by molar-refractivity contribution is 0.615. The Hall–Kier alpha value is -1.60. The molecule has 1 heterocycles. The molecule has 0 unspecified atom stereocenters. The molecule has 114 valence electrons. The third-order valence-electron chi connectivity index (χ3n) is 3.01. The summed E-state index contributed by atoms with van der Waals surface area (Å²) in [7, 11) is 0. The van der Waals surface area contributed by atoms with E-state index < -0.39 is 0 Å². The van der Waals surface area contributed by atoms with Crippen LogP contribution >= 0.6 is 11.8 Å². The Bertz CT molecular complexity index is 653. The van der Waals surface area contributed by atoms with E-state index in [9.17, 15) is 9.18 Å². The predicted molar refractivity (Wildman–Crippen MR) is 81.0 cm³/mol.